The Labute approximate surface area is 230 Å². The van der Waals surface area contributed by atoms with Crippen molar-refractivity contribution in [3.63, 3.8) is 0 Å². The van der Waals surface area contributed by atoms with Crippen molar-refractivity contribution in [2.24, 2.45) is 5.73 Å². The van der Waals surface area contributed by atoms with Gasteiger partial charge < -0.3 is 11.1 Å². The summed E-state index contributed by atoms with van der Waals surface area (Å²) in [7, 11) is 0. The second kappa shape index (κ2) is 11.0. The summed E-state index contributed by atoms with van der Waals surface area (Å²) in [6, 6.07) is 15.9. The molecule has 2 amide bonds. The zero-order valence-corrected chi connectivity index (χ0v) is 21.6. The summed E-state index contributed by atoms with van der Waals surface area (Å²) in [4.78, 5) is 38.7. The lowest BCUT2D eigenvalue weighted by molar-refractivity contribution is -0.138. The summed E-state index contributed by atoms with van der Waals surface area (Å²) < 4.78 is 56.1. The molecular weight excluding hydrogens is 554 g/mol. The molecule has 0 aliphatic carbocycles. The number of aromatic nitrogens is 3. The van der Waals surface area contributed by atoms with E-state index in [1.807, 2.05) is 0 Å². The van der Waals surface area contributed by atoms with Gasteiger partial charge in [-0.25, -0.2) is 13.9 Å². The fraction of sp³-hybridized carbons (Fsp3) is 0.185. The van der Waals surface area contributed by atoms with Gasteiger partial charge in [-0.1, -0.05) is 41.9 Å². The molecular formula is C27H22ClF4N5O3. The number of hydrogen-bond donors (Lipinski definition) is 2. The highest BCUT2D eigenvalue weighted by molar-refractivity contribution is 6.30. The maximum Gasteiger partial charge on any atom is 0.416 e. The summed E-state index contributed by atoms with van der Waals surface area (Å²) in [5.41, 5.74) is 2.05. The second-order valence-electron chi connectivity index (χ2n) is 9.06. The van der Waals surface area contributed by atoms with Gasteiger partial charge in [0.25, 0.3) is 0 Å². The van der Waals surface area contributed by atoms with Crippen molar-refractivity contribution >= 4 is 23.4 Å². The van der Waals surface area contributed by atoms with E-state index in [4.69, 9.17) is 17.3 Å². The molecule has 4 aromatic rings. The molecule has 0 saturated carbocycles. The van der Waals surface area contributed by atoms with E-state index in [9.17, 15) is 31.9 Å². The summed E-state index contributed by atoms with van der Waals surface area (Å²) in [6.45, 7) is 0.223. The number of nitrogens with two attached hydrogens (primary N) is 1. The number of rotatable bonds is 8. The van der Waals surface area contributed by atoms with Gasteiger partial charge in [-0.3, -0.25) is 14.2 Å². The van der Waals surface area contributed by atoms with Crippen LogP contribution >= 0.6 is 11.6 Å². The van der Waals surface area contributed by atoms with Crippen LogP contribution in [0.3, 0.4) is 0 Å². The van der Waals surface area contributed by atoms with Crippen molar-refractivity contribution in [1.82, 2.24) is 19.7 Å². The van der Waals surface area contributed by atoms with Crippen LogP contribution in [0.15, 0.2) is 77.6 Å². The van der Waals surface area contributed by atoms with Crippen LogP contribution in [0.1, 0.15) is 23.6 Å². The van der Waals surface area contributed by atoms with Gasteiger partial charge in [0.15, 0.2) is 5.82 Å². The van der Waals surface area contributed by atoms with Crippen molar-refractivity contribution < 1.29 is 27.2 Å². The Bertz CT molecular complexity index is 1630. The number of nitrogens with zero attached hydrogens (tertiary/aromatic N) is 3. The second-order valence-corrected chi connectivity index (χ2v) is 9.50. The van der Waals surface area contributed by atoms with Crippen LogP contribution in [0.25, 0.3) is 11.4 Å². The summed E-state index contributed by atoms with van der Waals surface area (Å²) in [5.74, 6) is -2.51. The number of amides is 2. The Morgan fingerprint density at radius 2 is 1.65 bits per heavy atom. The van der Waals surface area contributed by atoms with E-state index in [1.165, 1.54) is 24.3 Å². The molecule has 13 heteroatoms. The van der Waals surface area contributed by atoms with Gasteiger partial charge in [-0.15, -0.1) is 5.10 Å². The molecule has 0 saturated heterocycles. The summed E-state index contributed by atoms with van der Waals surface area (Å²) in [6.07, 6.45) is -4.70. The van der Waals surface area contributed by atoms with Gasteiger partial charge in [0.2, 0.25) is 11.8 Å². The lowest BCUT2D eigenvalue weighted by atomic mass is 9.89. The van der Waals surface area contributed by atoms with Crippen molar-refractivity contribution in [1.29, 1.82) is 0 Å². The van der Waals surface area contributed by atoms with Crippen LogP contribution in [-0.2, 0) is 34.4 Å². The van der Waals surface area contributed by atoms with Gasteiger partial charge in [-0.05, 0) is 55.0 Å². The topological polar surface area (TPSA) is 112 Å². The van der Waals surface area contributed by atoms with Crippen LogP contribution in [-0.4, -0.2) is 26.2 Å². The van der Waals surface area contributed by atoms with E-state index in [2.05, 4.69) is 10.4 Å². The molecule has 0 bridgehead atoms. The zero-order chi connectivity index (χ0) is 29.2. The first-order valence-corrected chi connectivity index (χ1v) is 12.1. The van der Waals surface area contributed by atoms with E-state index in [1.54, 1.807) is 30.3 Å². The fourth-order valence-corrected chi connectivity index (χ4v) is 4.16. The van der Waals surface area contributed by atoms with Gasteiger partial charge in [0.1, 0.15) is 17.9 Å². The van der Waals surface area contributed by atoms with Crippen molar-refractivity contribution in [3.05, 3.63) is 111 Å². The van der Waals surface area contributed by atoms with E-state index in [-0.39, 0.29) is 23.5 Å². The smallest absolute Gasteiger partial charge is 0.367 e. The predicted molar refractivity (Wildman–Crippen MR) is 139 cm³/mol. The highest BCUT2D eigenvalue weighted by Crippen LogP contribution is 2.32. The average molecular weight is 576 g/mol. The molecule has 0 aliphatic rings. The molecule has 40 heavy (non-hydrogen) atoms. The fourth-order valence-electron chi connectivity index (χ4n) is 4.03. The minimum atomic E-state index is -4.70. The number of alkyl halides is 3. The van der Waals surface area contributed by atoms with Crippen LogP contribution in [0.2, 0.25) is 5.02 Å². The molecule has 3 aromatic carbocycles. The molecule has 208 valence electrons. The first-order valence-electron chi connectivity index (χ1n) is 11.8. The first-order chi connectivity index (χ1) is 18.8. The van der Waals surface area contributed by atoms with Crippen LogP contribution in [0, 0.1) is 5.82 Å². The SMILES string of the molecule is CC(NC(=O)Cn1nc(-c2ccc(Cl)cc2)n(Cc2ccccc2F)c1=O)(C(N)=O)c1cccc(C(F)(F)F)c1. The number of carbonyl (C=O) groups excluding carboxylic acids is 2. The van der Waals surface area contributed by atoms with Crippen LogP contribution in [0.4, 0.5) is 17.6 Å². The molecule has 0 fully saturated rings. The number of primary amides is 1. The number of carbonyl (C=O) groups is 2. The first kappa shape index (κ1) is 28.6. The summed E-state index contributed by atoms with van der Waals surface area (Å²) in [5, 5.41) is 7.00. The van der Waals surface area contributed by atoms with Gasteiger partial charge >= 0.3 is 11.9 Å². The Balaban J connectivity index is 1.69. The average Bonchev–Trinajstić information content (AvgIpc) is 3.19. The molecule has 3 N–H and O–H groups in total. The van der Waals surface area contributed by atoms with E-state index < -0.39 is 47.1 Å². The third-order valence-electron chi connectivity index (χ3n) is 6.25. The molecule has 1 heterocycles. The lowest BCUT2D eigenvalue weighted by Gasteiger charge is -2.28. The normalized spacial score (nSPS) is 13.1. The highest BCUT2D eigenvalue weighted by Gasteiger charge is 2.38. The van der Waals surface area contributed by atoms with Crippen LogP contribution < -0.4 is 16.7 Å². The van der Waals surface area contributed by atoms with Crippen molar-refractivity contribution in [3.8, 4) is 11.4 Å². The number of halogens is 5. The number of nitrogens with one attached hydrogen (secondary N) is 1. The predicted octanol–water partition coefficient (Wildman–Crippen LogP) is 4.09. The maximum absolute atomic E-state index is 14.4. The van der Waals surface area contributed by atoms with Crippen molar-refractivity contribution in [2.75, 3.05) is 0 Å². The lowest BCUT2D eigenvalue weighted by Crippen LogP contribution is -2.54. The standard InChI is InChI=1S/C27H22ClF4N5O3/c1-26(24(33)39,18-6-4-7-19(13-18)27(30,31)32)34-22(38)15-37-25(40)36(14-17-5-2-3-8-21(17)29)23(35-37)16-9-11-20(28)12-10-16/h2-13H,14-15H2,1H3,(H2,33,39)(H,34,38). The highest BCUT2D eigenvalue weighted by atomic mass is 35.5. The Morgan fingerprint density at radius 1 is 1.00 bits per heavy atom. The molecule has 1 aromatic heterocycles. The Kier molecular flexibility index (Phi) is 7.83. The quantitative estimate of drug-likeness (QED) is 0.308. The monoisotopic (exact) mass is 575 g/mol. The third kappa shape index (κ3) is 5.91. The molecule has 1 atom stereocenters. The molecule has 0 radical (unpaired) electrons. The minimum absolute atomic E-state index is 0.105. The Hall–Kier alpha value is -4.45. The molecule has 8 nitrogen and oxygen atoms in total. The molecule has 0 spiro atoms. The van der Waals surface area contributed by atoms with Gasteiger partial charge in [-0.2, -0.15) is 13.2 Å². The molecule has 0 aliphatic heterocycles. The summed E-state index contributed by atoms with van der Waals surface area (Å²) >= 11 is 5.97. The van der Waals surface area contributed by atoms with Gasteiger partial charge in [0.05, 0.1) is 12.1 Å². The molecule has 1 unspecified atom stereocenters. The Morgan fingerprint density at radius 3 is 2.27 bits per heavy atom. The largest absolute Gasteiger partial charge is 0.416 e. The molecule has 4 rings (SSSR count). The van der Waals surface area contributed by atoms with E-state index in [0.29, 0.717) is 16.7 Å². The van der Waals surface area contributed by atoms with Crippen molar-refractivity contribution in [2.45, 2.75) is 31.7 Å². The number of benzene rings is 3. The van der Waals surface area contributed by atoms with E-state index >= 15 is 0 Å². The van der Waals surface area contributed by atoms with E-state index in [0.717, 1.165) is 28.3 Å². The minimum Gasteiger partial charge on any atom is -0.367 e. The van der Waals surface area contributed by atoms with Gasteiger partial charge in [0, 0.05) is 16.1 Å². The maximum atomic E-state index is 14.4. The number of hydrogen-bond acceptors (Lipinski definition) is 4. The zero-order valence-electron chi connectivity index (χ0n) is 20.9. The van der Waals surface area contributed by atoms with Crippen LogP contribution in [0.5, 0.6) is 0 Å². The third-order valence-corrected chi connectivity index (χ3v) is 6.51.